The van der Waals surface area contributed by atoms with E-state index in [9.17, 15) is 4.79 Å². The molecule has 0 radical (unpaired) electrons. The summed E-state index contributed by atoms with van der Waals surface area (Å²) in [4.78, 5) is 14.6. The Kier molecular flexibility index (Phi) is 8.10. The molecule has 0 saturated carbocycles. The molecule has 1 aliphatic heterocycles. The summed E-state index contributed by atoms with van der Waals surface area (Å²) in [7, 11) is 0. The number of piperidine rings is 1. The fraction of sp³-hybridized carbons (Fsp3) is 0.650. The predicted molar refractivity (Wildman–Crippen MR) is 96.6 cm³/mol. The van der Waals surface area contributed by atoms with E-state index in [4.69, 9.17) is 9.47 Å². The van der Waals surface area contributed by atoms with Gasteiger partial charge in [0.2, 0.25) is 0 Å². The van der Waals surface area contributed by atoms with Crippen LogP contribution < -0.4 is 4.74 Å². The Hall–Kier alpha value is -1.55. The molecule has 134 valence electrons. The van der Waals surface area contributed by atoms with Crippen molar-refractivity contribution in [3.63, 3.8) is 0 Å². The van der Waals surface area contributed by atoms with Crippen molar-refractivity contribution >= 4 is 5.91 Å². The predicted octanol–water partition coefficient (Wildman–Crippen LogP) is 4.14. The number of hydrogen-bond acceptors (Lipinski definition) is 3. The highest BCUT2D eigenvalue weighted by Crippen LogP contribution is 2.20. The quantitative estimate of drug-likeness (QED) is 0.637. The first-order valence-electron chi connectivity index (χ1n) is 9.34. The molecule has 0 bridgehead atoms. The summed E-state index contributed by atoms with van der Waals surface area (Å²) in [6, 6.07) is 7.56. The molecule has 1 aliphatic rings. The van der Waals surface area contributed by atoms with Crippen LogP contribution >= 0.6 is 0 Å². The minimum atomic E-state index is 0.119. The Morgan fingerprint density at radius 2 is 2.00 bits per heavy atom. The molecule has 1 fully saturated rings. The van der Waals surface area contributed by atoms with E-state index in [2.05, 4.69) is 6.92 Å². The number of likely N-dealkylation sites (tertiary alicyclic amines) is 1. The van der Waals surface area contributed by atoms with E-state index in [0.29, 0.717) is 5.92 Å². The van der Waals surface area contributed by atoms with E-state index in [0.717, 1.165) is 63.5 Å². The smallest absolute Gasteiger partial charge is 0.253 e. The second-order valence-electron chi connectivity index (χ2n) is 6.50. The Bertz CT molecular complexity index is 486. The van der Waals surface area contributed by atoms with Crippen LogP contribution in [0.1, 0.15) is 56.3 Å². The first-order chi connectivity index (χ1) is 11.7. The molecule has 1 atom stereocenters. The standard InChI is InChI=1S/C20H31NO3/c1-3-5-6-14-24-19-11-9-18(10-12-19)20(22)21-13-7-8-17(15-21)16-23-4-2/h9-12,17H,3-8,13-16H2,1-2H3. The van der Waals surface area contributed by atoms with E-state index < -0.39 is 0 Å². The lowest BCUT2D eigenvalue weighted by Gasteiger charge is -2.32. The molecule has 1 unspecified atom stereocenters. The van der Waals surface area contributed by atoms with Gasteiger partial charge in [-0.25, -0.2) is 0 Å². The molecule has 1 aromatic carbocycles. The molecule has 0 spiro atoms. The highest BCUT2D eigenvalue weighted by atomic mass is 16.5. The summed E-state index contributed by atoms with van der Waals surface area (Å²) in [6.07, 6.45) is 5.66. The first kappa shape index (κ1) is 18.8. The van der Waals surface area contributed by atoms with E-state index in [-0.39, 0.29) is 5.91 Å². The lowest BCUT2D eigenvalue weighted by molar-refractivity contribution is 0.0501. The topological polar surface area (TPSA) is 38.8 Å². The zero-order valence-corrected chi connectivity index (χ0v) is 15.1. The van der Waals surface area contributed by atoms with Gasteiger partial charge in [0, 0.05) is 25.3 Å². The maximum atomic E-state index is 12.7. The zero-order valence-electron chi connectivity index (χ0n) is 15.1. The Labute approximate surface area is 146 Å². The number of unbranched alkanes of at least 4 members (excludes halogenated alkanes) is 2. The second kappa shape index (κ2) is 10.3. The largest absolute Gasteiger partial charge is 0.494 e. The average Bonchev–Trinajstić information content (AvgIpc) is 2.64. The monoisotopic (exact) mass is 333 g/mol. The van der Waals surface area contributed by atoms with Crippen LogP contribution in [0.2, 0.25) is 0 Å². The number of ether oxygens (including phenoxy) is 2. The lowest BCUT2D eigenvalue weighted by atomic mass is 9.98. The van der Waals surface area contributed by atoms with Gasteiger partial charge in [0.25, 0.3) is 5.91 Å². The summed E-state index contributed by atoms with van der Waals surface area (Å²) in [5.41, 5.74) is 0.743. The van der Waals surface area contributed by atoms with Crippen LogP contribution in [-0.2, 0) is 4.74 Å². The van der Waals surface area contributed by atoms with E-state index >= 15 is 0 Å². The maximum Gasteiger partial charge on any atom is 0.253 e. The summed E-state index contributed by atoms with van der Waals surface area (Å²) in [5, 5.41) is 0. The molecule has 4 heteroatoms. The molecule has 1 heterocycles. The number of hydrogen-bond donors (Lipinski definition) is 0. The Morgan fingerprint density at radius 3 is 2.71 bits per heavy atom. The highest BCUT2D eigenvalue weighted by Gasteiger charge is 2.24. The van der Waals surface area contributed by atoms with Gasteiger partial charge < -0.3 is 14.4 Å². The van der Waals surface area contributed by atoms with Gasteiger partial charge in [0.1, 0.15) is 5.75 Å². The molecule has 0 N–H and O–H groups in total. The van der Waals surface area contributed by atoms with Crippen LogP contribution in [0.4, 0.5) is 0 Å². The molecule has 0 aromatic heterocycles. The van der Waals surface area contributed by atoms with Crippen molar-refractivity contribution in [1.29, 1.82) is 0 Å². The van der Waals surface area contributed by atoms with Crippen LogP contribution in [-0.4, -0.2) is 43.7 Å². The first-order valence-corrected chi connectivity index (χ1v) is 9.34. The highest BCUT2D eigenvalue weighted by molar-refractivity contribution is 5.94. The van der Waals surface area contributed by atoms with Crippen molar-refractivity contribution in [3.05, 3.63) is 29.8 Å². The van der Waals surface area contributed by atoms with Crippen LogP contribution in [0.25, 0.3) is 0 Å². The molecule has 1 aromatic rings. The van der Waals surface area contributed by atoms with Gasteiger partial charge in [-0.05, 0) is 56.4 Å². The third-order valence-corrected chi connectivity index (χ3v) is 4.48. The van der Waals surface area contributed by atoms with Crippen LogP contribution in [0.3, 0.4) is 0 Å². The average molecular weight is 333 g/mol. The zero-order chi connectivity index (χ0) is 17.2. The fourth-order valence-electron chi connectivity index (χ4n) is 3.09. The molecular weight excluding hydrogens is 302 g/mol. The van der Waals surface area contributed by atoms with E-state index in [1.807, 2.05) is 36.1 Å². The number of nitrogens with zero attached hydrogens (tertiary/aromatic N) is 1. The molecular formula is C20H31NO3. The van der Waals surface area contributed by atoms with Gasteiger partial charge in [-0.2, -0.15) is 0 Å². The van der Waals surface area contributed by atoms with Crippen LogP contribution in [0, 0.1) is 5.92 Å². The number of benzene rings is 1. The molecule has 0 aliphatic carbocycles. The van der Waals surface area contributed by atoms with Gasteiger partial charge in [0.15, 0.2) is 0 Å². The SMILES string of the molecule is CCCCCOc1ccc(C(=O)N2CCCC(COCC)C2)cc1. The number of amides is 1. The van der Waals surface area contributed by atoms with Crippen molar-refractivity contribution in [2.45, 2.75) is 46.0 Å². The summed E-state index contributed by atoms with van der Waals surface area (Å²) in [5.74, 6) is 1.42. The van der Waals surface area contributed by atoms with Crippen molar-refractivity contribution < 1.29 is 14.3 Å². The minimum absolute atomic E-state index is 0.119. The number of carbonyl (C=O) groups is 1. The molecule has 1 amide bonds. The van der Waals surface area contributed by atoms with Crippen LogP contribution in [0.15, 0.2) is 24.3 Å². The van der Waals surface area contributed by atoms with E-state index in [1.165, 1.54) is 12.8 Å². The van der Waals surface area contributed by atoms with Crippen LogP contribution in [0.5, 0.6) is 5.75 Å². The molecule has 2 rings (SSSR count). The third kappa shape index (κ3) is 5.82. The molecule has 1 saturated heterocycles. The normalized spacial score (nSPS) is 17.8. The second-order valence-corrected chi connectivity index (χ2v) is 6.50. The van der Waals surface area contributed by atoms with Gasteiger partial charge in [-0.3, -0.25) is 4.79 Å². The fourth-order valence-corrected chi connectivity index (χ4v) is 3.09. The molecule has 4 nitrogen and oxygen atoms in total. The van der Waals surface area contributed by atoms with Gasteiger partial charge in [0.05, 0.1) is 13.2 Å². The third-order valence-electron chi connectivity index (χ3n) is 4.48. The number of rotatable bonds is 9. The Morgan fingerprint density at radius 1 is 1.21 bits per heavy atom. The lowest BCUT2D eigenvalue weighted by Crippen LogP contribution is -2.41. The van der Waals surface area contributed by atoms with E-state index in [1.54, 1.807) is 0 Å². The maximum absolute atomic E-state index is 12.7. The van der Waals surface area contributed by atoms with Gasteiger partial charge in [-0.1, -0.05) is 19.8 Å². The summed E-state index contributed by atoms with van der Waals surface area (Å²) in [6.45, 7) is 8.07. The van der Waals surface area contributed by atoms with Gasteiger partial charge >= 0.3 is 0 Å². The van der Waals surface area contributed by atoms with Crippen molar-refractivity contribution in [2.75, 3.05) is 32.9 Å². The van der Waals surface area contributed by atoms with Crippen molar-refractivity contribution in [1.82, 2.24) is 4.90 Å². The Balaban J connectivity index is 1.85. The number of carbonyl (C=O) groups excluding carboxylic acids is 1. The summed E-state index contributed by atoms with van der Waals surface area (Å²) >= 11 is 0. The molecule has 24 heavy (non-hydrogen) atoms. The minimum Gasteiger partial charge on any atom is -0.494 e. The summed E-state index contributed by atoms with van der Waals surface area (Å²) < 4.78 is 11.2. The van der Waals surface area contributed by atoms with Gasteiger partial charge in [-0.15, -0.1) is 0 Å². The van der Waals surface area contributed by atoms with Crippen molar-refractivity contribution in [2.24, 2.45) is 5.92 Å². The van der Waals surface area contributed by atoms with Crippen molar-refractivity contribution in [3.8, 4) is 5.75 Å².